The second-order valence-corrected chi connectivity index (χ2v) is 4.70. The zero-order valence-corrected chi connectivity index (χ0v) is 11.2. The van der Waals surface area contributed by atoms with Crippen molar-refractivity contribution in [2.75, 3.05) is 12.4 Å². The number of aromatic nitrogens is 1. The first-order valence-corrected chi connectivity index (χ1v) is 6.10. The lowest BCUT2D eigenvalue weighted by Crippen LogP contribution is -2.22. The monoisotopic (exact) mass is 311 g/mol. The first kappa shape index (κ1) is 14.7. The van der Waals surface area contributed by atoms with Gasteiger partial charge in [-0.15, -0.1) is 11.3 Å². The van der Waals surface area contributed by atoms with Gasteiger partial charge in [0, 0.05) is 0 Å². The second kappa shape index (κ2) is 6.53. The van der Waals surface area contributed by atoms with Crippen LogP contribution >= 0.6 is 34.5 Å². The zero-order chi connectivity index (χ0) is 13.7. The average molecular weight is 312 g/mol. The molecular weight excluding hydrogens is 305 g/mol. The van der Waals surface area contributed by atoms with Crippen LogP contribution in [0.25, 0.3) is 0 Å². The number of hydrogen-bond acceptors (Lipinski definition) is 6. The molecule has 18 heavy (non-hydrogen) atoms. The van der Waals surface area contributed by atoms with Crippen LogP contribution in [0, 0.1) is 0 Å². The van der Waals surface area contributed by atoms with Crippen molar-refractivity contribution in [1.29, 1.82) is 0 Å². The van der Waals surface area contributed by atoms with Crippen LogP contribution < -0.4 is 5.32 Å². The quantitative estimate of drug-likeness (QED) is 0.485. The minimum Gasteiger partial charge on any atom is -0.476 e. The number of anilines is 1. The maximum atomic E-state index is 11.3. The third-order valence-corrected chi connectivity index (χ3v) is 2.75. The second-order valence-electron chi connectivity index (χ2n) is 2.75. The molecule has 0 aliphatic carbocycles. The number of carbonyl (C=O) groups is 2. The third-order valence-electron chi connectivity index (χ3n) is 1.61. The average Bonchev–Trinajstić information content (AvgIpc) is 2.73. The molecule has 0 aliphatic heterocycles. The Balaban J connectivity index is 3.04. The molecule has 1 aromatic heterocycles. The molecule has 0 radical (unpaired) electrons. The van der Waals surface area contributed by atoms with Crippen LogP contribution in [0.2, 0.25) is 0 Å². The maximum Gasteiger partial charge on any atom is 0.360 e. The fraction of sp³-hybridized carbons (Fsp3) is 0.250. The summed E-state index contributed by atoms with van der Waals surface area (Å²) in [6.45, 7) is 0. The van der Waals surface area contributed by atoms with Crippen molar-refractivity contribution in [1.82, 2.24) is 4.98 Å². The van der Waals surface area contributed by atoms with Gasteiger partial charge in [0.1, 0.15) is 17.8 Å². The third kappa shape index (κ3) is 3.56. The fourth-order valence-electron chi connectivity index (χ4n) is 0.945. The lowest BCUT2D eigenvalue weighted by molar-refractivity contribution is -0.129. The van der Waals surface area contributed by atoms with Gasteiger partial charge in [0.25, 0.3) is 5.91 Å². The van der Waals surface area contributed by atoms with E-state index in [4.69, 9.17) is 28.3 Å². The first-order valence-electron chi connectivity index (χ1n) is 4.34. The summed E-state index contributed by atoms with van der Waals surface area (Å²) in [6, 6.07) is 0. The molecule has 1 amide bonds. The molecule has 1 heterocycles. The van der Waals surface area contributed by atoms with Crippen LogP contribution in [0.4, 0.5) is 5.00 Å². The van der Waals surface area contributed by atoms with Gasteiger partial charge in [-0.1, -0.05) is 28.4 Å². The molecule has 0 fully saturated rings. The van der Waals surface area contributed by atoms with Crippen LogP contribution in [0.1, 0.15) is 5.69 Å². The van der Waals surface area contributed by atoms with Crippen LogP contribution in [0.15, 0.2) is 10.7 Å². The van der Waals surface area contributed by atoms with Gasteiger partial charge in [-0.3, -0.25) is 4.79 Å². The van der Waals surface area contributed by atoms with E-state index < -0.39 is 22.4 Å². The van der Waals surface area contributed by atoms with Gasteiger partial charge in [0.2, 0.25) is 5.71 Å². The van der Waals surface area contributed by atoms with Crippen LogP contribution in [0.5, 0.6) is 0 Å². The van der Waals surface area contributed by atoms with E-state index in [9.17, 15) is 9.59 Å². The molecule has 1 aromatic rings. The van der Waals surface area contributed by atoms with E-state index in [0.717, 1.165) is 11.3 Å². The number of rotatable bonds is 5. The molecule has 0 saturated carbocycles. The van der Waals surface area contributed by atoms with Gasteiger partial charge >= 0.3 is 5.97 Å². The lowest BCUT2D eigenvalue weighted by atomic mass is 10.3. The number of nitrogens with one attached hydrogen (secondary N) is 1. The molecule has 98 valence electrons. The molecule has 0 aliphatic rings. The summed E-state index contributed by atoms with van der Waals surface area (Å²) in [5.41, 5.74) is 0.878. The van der Waals surface area contributed by atoms with E-state index in [1.165, 1.54) is 12.6 Å². The Labute approximate surface area is 115 Å². The molecule has 0 atom stereocenters. The Morgan fingerprint density at radius 1 is 1.61 bits per heavy atom. The summed E-state index contributed by atoms with van der Waals surface area (Å²) in [5.74, 6) is -2.03. The molecule has 0 saturated heterocycles. The molecule has 7 nitrogen and oxygen atoms in total. The summed E-state index contributed by atoms with van der Waals surface area (Å²) in [4.78, 5) is 29.2. The summed E-state index contributed by atoms with van der Waals surface area (Å²) in [7, 11) is 1.20. The highest BCUT2D eigenvalue weighted by Crippen LogP contribution is 2.22. The normalized spacial score (nSPS) is 11.4. The molecule has 0 bridgehead atoms. The number of carboxylic acids is 1. The highest BCUT2D eigenvalue weighted by molar-refractivity contribution is 7.14. The van der Waals surface area contributed by atoms with Crippen molar-refractivity contribution in [3.05, 3.63) is 11.2 Å². The predicted octanol–water partition coefficient (Wildman–Crippen LogP) is 1.32. The minimum absolute atomic E-state index is 0.0308. The summed E-state index contributed by atoms with van der Waals surface area (Å²) >= 11 is 11.7. The SMILES string of the molecule is CON=C(C(=O)O)c1ncsc1NC(=O)C(Cl)Cl. The van der Waals surface area contributed by atoms with Crippen LogP contribution in [-0.2, 0) is 14.4 Å². The summed E-state index contributed by atoms with van der Waals surface area (Å²) < 4.78 is 0. The maximum absolute atomic E-state index is 11.3. The number of thiazole rings is 1. The minimum atomic E-state index is -1.34. The predicted molar refractivity (Wildman–Crippen MR) is 67.4 cm³/mol. The highest BCUT2D eigenvalue weighted by Gasteiger charge is 2.23. The van der Waals surface area contributed by atoms with E-state index >= 15 is 0 Å². The smallest absolute Gasteiger partial charge is 0.360 e. The van der Waals surface area contributed by atoms with Crippen molar-refractivity contribution in [3.63, 3.8) is 0 Å². The largest absolute Gasteiger partial charge is 0.476 e. The topological polar surface area (TPSA) is 101 Å². The molecule has 1 rings (SSSR count). The molecule has 2 N–H and O–H groups in total. The molecule has 10 heteroatoms. The number of amides is 1. The van der Waals surface area contributed by atoms with Gasteiger partial charge in [-0.25, -0.2) is 9.78 Å². The number of halogens is 2. The van der Waals surface area contributed by atoms with Gasteiger partial charge in [0.05, 0.1) is 5.51 Å². The van der Waals surface area contributed by atoms with Crippen molar-refractivity contribution < 1.29 is 19.5 Å². The molecule has 0 spiro atoms. The Morgan fingerprint density at radius 3 is 2.78 bits per heavy atom. The number of hydrogen-bond donors (Lipinski definition) is 2. The number of carboxylic acid groups (broad SMARTS) is 1. The molecule has 0 unspecified atom stereocenters. The Hall–Kier alpha value is -1.38. The standard InChI is InChI=1S/C8H7Cl2N3O4S/c1-17-13-4(8(15)16)3-7(18-2-11-3)12-6(14)5(9)10/h2,5H,1H3,(H,12,14)(H,15,16). The molecular formula is C8H7Cl2N3O4S. The number of alkyl halides is 2. The number of nitrogens with zero attached hydrogens (tertiary/aromatic N) is 2. The zero-order valence-electron chi connectivity index (χ0n) is 8.89. The van der Waals surface area contributed by atoms with Crippen molar-refractivity contribution >= 4 is 57.1 Å². The lowest BCUT2D eigenvalue weighted by Gasteiger charge is -2.04. The van der Waals surface area contributed by atoms with Crippen molar-refractivity contribution in [2.45, 2.75) is 4.84 Å². The van der Waals surface area contributed by atoms with Crippen molar-refractivity contribution in [3.8, 4) is 0 Å². The first-order chi connectivity index (χ1) is 8.47. The summed E-state index contributed by atoms with van der Waals surface area (Å²) in [5, 5.41) is 14.8. The van der Waals surface area contributed by atoms with Gasteiger partial charge < -0.3 is 15.3 Å². The van der Waals surface area contributed by atoms with Crippen molar-refractivity contribution in [2.24, 2.45) is 5.16 Å². The Kier molecular flexibility index (Phi) is 5.32. The fourth-order valence-corrected chi connectivity index (χ4v) is 1.74. The number of aliphatic carboxylic acids is 1. The van der Waals surface area contributed by atoms with Crippen LogP contribution in [-0.4, -0.2) is 39.6 Å². The number of oxime groups is 1. The molecule has 0 aromatic carbocycles. The van der Waals surface area contributed by atoms with Gasteiger partial charge in [0.15, 0.2) is 4.84 Å². The van der Waals surface area contributed by atoms with E-state index in [0.29, 0.717) is 0 Å². The Bertz CT molecular complexity index is 488. The van der Waals surface area contributed by atoms with E-state index in [2.05, 4.69) is 20.3 Å². The summed E-state index contributed by atoms with van der Waals surface area (Å²) in [6.07, 6.45) is 0. The Morgan fingerprint density at radius 2 is 2.28 bits per heavy atom. The van der Waals surface area contributed by atoms with E-state index in [-0.39, 0.29) is 10.7 Å². The highest BCUT2D eigenvalue weighted by atomic mass is 35.5. The number of carbonyl (C=O) groups excluding carboxylic acids is 1. The van der Waals surface area contributed by atoms with Crippen LogP contribution in [0.3, 0.4) is 0 Å². The van der Waals surface area contributed by atoms with Gasteiger partial charge in [-0.05, 0) is 0 Å². The van der Waals surface area contributed by atoms with E-state index in [1.54, 1.807) is 0 Å². The van der Waals surface area contributed by atoms with E-state index in [1.807, 2.05) is 0 Å². The van der Waals surface area contributed by atoms with Gasteiger partial charge in [-0.2, -0.15) is 0 Å².